The third-order valence-electron chi connectivity index (χ3n) is 5.56. The highest BCUT2D eigenvalue weighted by molar-refractivity contribution is 7.16. The van der Waals surface area contributed by atoms with Gasteiger partial charge < -0.3 is 15.7 Å². The van der Waals surface area contributed by atoms with Crippen LogP contribution in [0.2, 0.25) is 0 Å². The number of nitrogens with zero attached hydrogens (tertiary/aromatic N) is 1. The van der Waals surface area contributed by atoms with Crippen molar-refractivity contribution < 1.29 is 14.7 Å². The predicted molar refractivity (Wildman–Crippen MR) is 123 cm³/mol. The molecule has 0 radical (unpaired) electrons. The Bertz CT molecular complexity index is 1020. The maximum absolute atomic E-state index is 12.2. The van der Waals surface area contributed by atoms with Crippen molar-refractivity contribution in [3.63, 3.8) is 0 Å². The highest BCUT2D eigenvalue weighted by Gasteiger charge is 2.33. The van der Waals surface area contributed by atoms with Crippen molar-refractivity contribution in [3.05, 3.63) is 64.2 Å². The molecule has 5 nitrogen and oxygen atoms in total. The largest absolute Gasteiger partial charge is 0.478 e. The summed E-state index contributed by atoms with van der Waals surface area (Å²) in [4.78, 5) is 26.5. The molecule has 0 atom stereocenters. The SMILES string of the molecule is CN(/C=C\C=C/C=O)c1ccc(-c2sc3c(c2C(=O)O)CC(C)(C)CC3)c(CN)c1. The van der Waals surface area contributed by atoms with Gasteiger partial charge in [-0.25, -0.2) is 4.79 Å². The molecular weight excluding hydrogens is 396 g/mol. The number of aldehydes is 1. The lowest BCUT2D eigenvalue weighted by Gasteiger charge is -2.29. The van der Waals surface area contributed by atoms with Crippen LogP contribution in [0.5, 0.6) is 0 Å². The number of benzene rings is 1. The lowest BCUT2D eigenvalue weighted by molar-refractivity contribution is -0.104. The lowest BCUT2D eigenvalue weighted by atomic mass is 9.76. The average molecular weight is 425 g/mol. The third kappa shape index (κ3) is 4.55. The standard InChI is InChI=1S/C24H28N2O3S/c1-24(2)10-9-20-19(14-24)21(23(28)29)22(30-20)18-8-7-17(13-16(18)15-25)26(3)11-5-4-6-12-27/h4-8,11-13H,9-10,14-15,25H2,1-3H3,(H,28,29)/b6-4-,11-5-. The molecule has 158 valence electrons. The van der Waals surface area contributed by atoms with Gasteiger partial charge in [-0.1, -0.05) is 26.0 Å². The Balaban J connectivity index is 2.03. The summed E-state index contributed by atoms with van der Waals surface area (Å²) in [6.07, 6.45) is 10.2. The van der Waals surface area contributed by atoms with Gasteiger partial charge in [-0.15, -0.1) is 11.3 Å². The van der Waals surface area contributed by atoms with Crippen molar-refractivity contribution in [1.29, 1.82) is 0 Å². The van der Waals surface area contributed by atoms with Crippen LogP contribution in [0.25, 0.3) is 10.4 Å². The fourth-order valence-corrected chi connectivity index (χ4v) is 5.27. The molecule has 6 heteroatoms. The Labute approximate surface area is 181 Å². The van der Waals surface area contributed by atoms with Crippen LogP contribution in [-0.4, -0.2) is 24.4 Å². The first-order valence-corrected chi connectivity index (χ1v) is 10.8. The second kappa shape index (κ2) is 8.98. The molecule has 0 saturated heterocycles. The molecular formula is C24H28N2O3S. The van der Waals surface area contributed by atoms with Gasteiger partial charge in [0.1, 0.15) is 6.29 Å². The minimum Gasteiger partial charge on any atom is -0.478 e. The van der Waals surface area contributed by atoms with Gasteiger partial charge in [-0.05, 0) is 65.7 Å². The van der Waals surface area contributed by atoms with Crippen LogP contribution in [0.3, 0.4) is 0 Å². The minimum atomic E-state index is -0.866. The quantitative estimate of drug-likeness (QED) is 0.379. The lowest BCUT2D eigenvalue weighted by Crippen LogP contribution is -2.22. The minimum absolute atomic E-state index is 0.115. The summed E-state index contributed by atoms with van der Waals surface area (Å²) in [6.45, 7) is 4.72. The number of rotatable bonds is 7. The number of thiophene rings is 1. The number of carbonyl (C=O) groups is 2. The second-order valence-corrected chi connectivity index (χ2v) is 9.48. The van der Waals surface area contributed by atoms with Crippen molar-refractivity contribution in [2.24, 2.45) is 11.1 Å². The van der Waals surface area contributed by atoms with E-state index >= 15 is 0 Å². The van der Waals surface area contributed by atoms with E-state index in [9.17, 15) is 14.7 Å². The zero-order valence-electron chi connectivity index (χ0n) is 17.6. The Kier molecular flexibility index (Phi) is 6.58. The Morgan fingerprint density at radius 2 is 2.07 bits per heavy atom. The van der Waals surface area contributed by atoms with Gasteiger partial charge in [-0.2, -0.15) is 0 Å². The highest BCUT2D eigenvalue weighted by atomic mass is 32.1. The van der Waals surface area contributed by atoms with E-state index in [1.54, 1.807) is 23.5 Å². The molecule has 0 fully saturated rings. The summed E-state index contributed by atoms with van der Waals surface area (Å²) >= 11 is 1.60. The van der Waals surface area contributed by atoms with E-state index in [1.807, 2.05) is 36.3 Å². The van der Waals surface area contributed by atoms with Crippen LogP contribution in [0.15, 0.2) is 42.6 Å². The number of hydrogen-bond donors (Lipinski definition) is 2. The molecule has 0 unspecified atom stereocenters. The molecule has 0 bridgehead atoms. The first-order valence-electron chi connectivity index (χ1n) is 10.00. The van der Waals surface area contributed by atoms with Crippen molar-refractivity contribution in [2.75, 3.05) is 11.9 Å². The Morgan fingerprint density at radius 3 is 2.73 bits per heavy atom. The Hall–Kier alpha value is -2.70. The molecule has 3 N–H and O–H groups in total. The van der Waals surface area contributed by atoms with Crippen LogP contribution in [0, 0.1) is 5.41 Å². The summed E-state index contributed by atoms with van der Waals surface area (Å²) in [5.74, 6) is -0.866. The fraction of sp³-hybridized carbons (Fsp3) is 0.333. The number of allylic oxidation sites excluding steroid dienone is 3. The smallest absolute Gasteiger partial charge is 0.337 e. The summed E-state index contributed by atoms with van der Waals surface area (Å²) in [5, 5.41) is 10.0. The van der Waals surface area contributed by atoms with Gasteiger partial charge in [0.25, 0.3) is 0 Å². The van der Waals surface area contributed by atoms with Crippen molar-refractivity contribution in [2.45, 2.75) is 39.7 Å². The maximum atomic E-state index is 12.2. The van der Waals surface area contributed by atoms with Gasteiger partial charge in [0.15, 0.2) is 0 Å². The third-order valence-corrected chi connectivity index (χ3v) is 6.88. The van der Waals surface area contributed by atoms with Crippen LogP contribution in [0.4, 0.5) is 5.69 Å². The summed E-state index contributed by atoms with van der Waals surface area (Å²) < 4.78 is 0. The first kappa shape index (κ1) is 22.0. The second-order valence-electron chi connectivity index (χ2n) is 8.37. The van der Waals surface area contributed by atoms with E-state index in [2.05, 4.69) is 13.8 Å². The van der Waals surface area contributed by atoms with Gasteiger partial charge in [0.05, 0.1) is 5.56 Å². The van der Waals surface area contributed by atoms with E-state index in [4.69, 9.17) is 5.73 Å². The van der Waals surface area contributed by atoms with E-state index in [0.29, 0.717) is 12.1 Å². The number of hydrogen-bond acceptors (Lipinski definition) is 5. The van der Waals surface area contributed by atoms with E-state index in [-0.39, 0.29) is 5.41 Å². The van der Waals surface area contributed by atoms with Crippen LogP contribution >= 0.6 is 11.3 Å². The predicted octanol–water partition coefficient (Wildman–Crippen LogP) is 4.79. The molecule has 1 aromatic carbocycles. The molecule has 1 heterocycles. The normalized spacial score (nSPS) is 15.5. The van der Waals surface area contributed by atoms with Gasteiger partial charge >= 0.3 is 5.97 Å². The monoisotopic (exact) mass is 424 g/mol. The molecule has 1 aliphatic carbocycles. The molecule has 0 spiro atoms. The van der Waals surface area contributed by atoms with Crippen LogP contribution in [-0.2, 0) is 24.2 Å². The van der Waals surface area contributed by atoms with Gasteiger partial charge in [0, 0.05) is 35.2 Å². The van der Waals surface area contributed by atoms with Crippen molar-refractivity contribution in [3.8, 4) is 10.4 Å². The zero-order chi connectivity index (χ0) is 21.9. The summed E-state index contributed by atoms with van der Waals surface area (Å²) in [5.41, 5.74) is 10.4. The number of fused-ring (bicyclic) bond motifs is 1. The number of aromatic carboxylic acids is 1. The van der Waals surface area contributed by atoms with Crippen LogP contribution < -0.4 is 10.6 Å². The molecule has 2 aromatic rings. The molecule has 1 aliphatic rings. The summed E-state index contributed by atoms with van der Waals surface area (Å²) in [6, 6.07) is 5.94. The molecule has 30 heavy (non-hydrogen) atoms. The number of nitrogens with two attached hydrogens (primary N) is 1. The molecule has 1 aromatic heterocycles. The fourth-order valence-electron chi connectivity index (χ4n) is 3.90. The number of aryl methyl sites for hydroxylation is 1. The number of anilines is 1. The van der Waals surface area contributed by atoms with E-state index < -0.39 is 5.97 Å². The first-order chi connectivity index (χ1) is 14.3. The van der Waals surface area contributed by atoms with E-state index in [1.165, 1.54) is 11.0 Å². The van der Waals surface area contributed by atoms with Crippen molar-refractivity contribution >= 4 is 29.3 Å². The molecule has 0 amide bonds. The molecule has 0 saturated carbocycles. The number of carboxylic acids is 1. The van der Waals surface area contributed by atoms with Gasteiger partial charge in [0.2, 0.25) is 0 Å². The number of carboxylic acid groups (broad SMARTS) is 1. The summed E-state index contributed by atoms with van der Waals surface area (Å²) in [7, 11) is 1.91. The molecule has 0 aliphatic heterocycles. The van der Waals surface area contributed by atoms with Crippen molar-refractivity contribution in [1.82, 2.24) is 0 Å². The van der Waals surface area contributed by atoms with E-state index in [0.717, 1.165) is 52.8 Å². The van der Waals surface area contributed by atoms with Crippen LogP contribution in [0.1, 0.15) is 46.6 Å². The topological polar surface area (TPSA) is 83.6 Å². The van der Waals surface area contributed by atoms with Gasteiger partial charge in [-0.3, -0.25) is 4.79 Å². The Morgan fingerprint density at radius 1 is 1.30 bits per heavy atom. The maximum Gasteiger partial charge on any atom is 0.337 e. The highest BCUT2D eigenvalue weighted by Crippen LogP contribution is 2.46. The zero-order valence-corrected chi connectivity index (χ0v) is 18.5. The number of carbonyl (C=O) groups excluding carboxylic acids is 1. The average Bonchev–Trinajstić information content (AvgIpc) is 3.07. The molecule has 3 rings (SSSR count).